The van der Waals surface area contributed by atoms with Gasteiger partial charge in [-0.05, 0) is 37.3 Å². The Hall–Kier alpha value is -0.540. The third-order valence-corrected chi connectivity index (χ3v) is 4.05. The van der Waals surface area contributed by atoms with E-state index in [-0.39, 0.29) is 0 Å². The summed E-state index contributed by atoms with van der Waals surface area (Å²) in [6.45, 7) is 2.81. The predicted molar refractivity (Wildman–Crippen MR) is 74.1 cm³/mol. The van der Waals surface area contributed by atoms with Gasteiger partial charge in [-0.15, -0.1) is 0 Å². The van der Waals surface area contributed by atoms with Crippen LogP contribution in [0.1, 0.15) is 38.2 Å². The molecule has 1 saturated carbocycles. The molecule has 0 aliphatic heterocycles. The highest BCUT2D eigenvalue weighted by atomic mass is 79.9. The first kappa shape index (κ1) is 12.9. The summed E-state index contributed by atoms with van der Waals surface area (Å²) in [7, 11) is 0. The lowest BCUT2D eigenvalue weighted by molar-refractivity contribution is 0.101. The van der Waals surface area contributed by atoms with Gasteiger partial charge in [0.1, 0.15) is 11.9 Å². The number of ether oxygens (including phenoxy) is 1. The maximum absolute atomic E-state index is 6.16. The molecule has 1 aromatic carbocycles. The molecule has 17 heavy (non-hydrogen) atoms. The van der Waals surface area contributed by atoms with E-state index in [4.69, 9.17) is 10.5 Å². The van der Waals surface area contributed by atoms with Crippen molar-refractivity contribution in [3.63, 3.8) is 0 Å². The molecular formula is C14H20BrNO. The molecule has 0 spiro atoms. The van der Waals surface area contributed by atoms with E-state index in [0.717, 1.165) is 22.2 Å². The number of hydrogen-bond donors (Lipinski definition) is 1. The van der Waals surface area contributed by atoms with Gasteiger partial charge in [0, 0.05) is 16.6 Å². The molecule has 1 fully saturated rings. The zero-order valence-corrected chi connectivity index (χ0v) is 11.9. The third-order valence-electron chi connectivity index (χ3n) is 3.56. The van der Waals surface area contributed by atoms with Gasteiger partial charge in [0.2, 0.25) is 0 Å². The normalized spacial score (nSPS) is 24.6. The molecule has 0 radical (unpaired) electrons. The number of halogens is 1. The average molecular weight is 298 g/mol. The van der Waals surface area contributed by atoms with Gasteiger partial charge in [0.05, 0.1) is 0 Å². The summed E-state index contributed by atoms with van der Waals surface area (Å²) in [5.74, 6) is 1.59. The van der Waals surface area contributed by atoms with Crippen LogP contribution in [-0.2, 0) is 6.54 Å². The Labute approximate surface area is 112 Å². The molecule has 1 aromatic rings. The quantitative estimate of drug-likeness (QED) is 0.919. The molecule has 3 heteroatoms. The Morgan fingerprint density at radius 3 is 2.82 bits per heavy atom. The second-order valence-electron chi connectivity index (χ2n) is 4.87. The van der Waals surface area contributed by atoms with Crippen LogP contribution in [0.4, 0.5) is 0 Å². The topological polar surface area (TPSA) is 35.2 Å². The molecule has 1 aliphatic carbocycles. The van der Waals surface area contributed by atoms with Gasteiger partial charge in [-0.25, -0.2) is 0 Å². The highest BCUT2D eigenvalue weighted by Crippen LogP contribution is 2.31. The summed E-state index contributed by atoms with van der Waals surface area (Å²) in [5.41, 5.74) is 6.83. The van der Waals surface area contributed by atoms with E-state index in [2.05, 4.69) is 22.9 Å². The zero-order valence-electron chi connectivity index (χ0n) is 10.3. The first-order valence-electron chi connectivity index (χ1n) is 6.36. The Morgan fingerprint density at radius 2 is 2.12 bits per heavy atom. The van der Waals surface area contributed by atoms with Gasteiger partial charge in [0.15, 0.2) is 0 Å². The van der Waals surface area contributed by atoms with E-state index in [0.29, 0.717) is 18.6 Å². The fourth-order valence-corrected chi connectivity index (χ4v) is 2.77. The van der Waals surface area contributed by atoms with E-state index >= 15 is 0 Å². The highest BCUT2D eigenvalue weighted by molar-refractivity contribution is 9.10. The van der Waals surface area contributed by atoms with Gasteiger partial charge in [-0.2, -0.15) is 0 Å². The van der Waals surface area contributed by atoms with Crippen LogP contribution >= 0.6 is 15.9 Å². The van der Waals surface area contributed by atoms with Crippen LogP contribution < -0.4 is 10.5 Å². The van der Waals surface area contributed by atoms with Crippen molar-refractivity contribution < 1.29 is 4.74 Å². The molecule has 2 unspecified atom stereocenters. The molecule has 0 amide bonds. The fourth-order valence-electron chi connectivity index (χ4n) is 2.43. The van der Waals surface area contributed by atoms with Gasteiger partial charge in [-0.3, -0.25) is 0 Å². The first-order valence-corrected chi connectivity index (χ1v) is 7.15. The van der Waals surface area contributed by atoms with Crippen molar-refractivity contribution in [2.45, 2.75) is 45.3 Å². The third kappa shape index (κ3) is 3.23. The SMILES string of the molecule is CC1CCCCC1Oc1cc(Br)ccc1CN. The second-order valence-corrected chi connectivity index (χ2v) is 5.79. The van der Waals surface area contributed by atoms with Crippen molar-refractivity contribution in [1.82, 2.24) is 0 Å². The van der Waals surface area contributed by atoms with Crippen LogP contribution in [0.15, 0.2) is 22.7 Å². The summed E-state index contributed by atoms with van der Waals surface area (Å²) >= 11 is 3.48. The first-order chi connectivity index (χ1) is 8.20. The van der Waals surface area contributed by atoms with E-state index in [1.807, 2.05) is 18.2 Å². The summed E-state index contributed by atoms with van der Waals surface area (Å²) < 4.78 is 7.21. The van der Waals surface area contributed by atoms with Crippen molar-refractivity contribution in [1.29, 1.82) is 0 Å². The van der Waals surface area contributed by atoms with Crippen LogP contribution in [0, 0.1) is 5.92 Å². The van der Waals surface area contributed by atoms with Crippen LogP contribution in [0.5, 0.6) is 5.75 Å². The largest absolute Gasteiger partial charge is 0.490 e. The van der Waals surface area contributed by atoms with E-state index in [9.17, 15) is 0 Å². The minimum absolute atomic E-state index is 0.350. The Morgan fingerprint density at radius 1 is 1.35 bits per heavy atom. The van der Waals surface area contributed by atoms with Crippen LogP contribution in [0.3, 0.4) is 0 Å². The Kier molecular flexibility index (Phi) is 4.46. The average Bonchev–Trinajstić information content (AvgIpc) is 2.32. The summed E-state index contributed by atoms with van der Waals surface area (Å²) in [6, 6.07) is 6.08. The fraction of sp³-hybridized carbons (Fsp3) is 0.571. The maximum atomic E-state index is 6.16. The van der Waals surface area contributed by atoms with Gasteiger partial charge >= 0.3 is 0 Å². The number of nitrogens with two attached hydrogens (primary N) is 1. The smallest absolute Gasteiger partial charge is 0.125 e. The van der Waals surface area contributed by atoms with Crippen LogP contribution in [0.2, 0.25) is 0 Å². The minimum atomic E-state index is 0.350. The van der Waals surface area contributed by atoms with E-state index in [1.54, 1.807) is 0 Å². The van der Waals surface area contributed by atoms with Crippen molar-refractivity contribution in [3.8, 4) is 5.75 Å². The second kappa shape index (κ2) is 5.87. The lowest BCUT2D eigenvalue weighted by Crippen LogP contribution is -2.28. The highest BCUT2D eigenvalue weighted by Gasteiger charge is 2.23. The molecule has 94 valence electrons. The van der Waals surface area contributed by atoms with Crippen molar-refractivity contribution in [2.24, 2.45) is 11.7 Å². The van der Waals surface area contributed by atoms with Crippen molar-refractivity contribution in [2.75, 3.05) is 0 Å². The molecule has 1 aliphatic rings. The number of hydrogen-bond acceptors (Lipinski definition) is 2. The summed E-state index contributed by atoms with van der Waals surface area (Å²) in [6.07, 6.45) is 5.40. The molecule has 2 nitrogen and oxygen atoms in total. The van der Waals surface area contributed by atoms with E-state index in [1.165, 1.54) is 19.3 Å². The Bertz CT molecular complexity index is 380. The van der Waals surface area contributed by atoms with Crippen LogP contribution in [-0.4, -0.2) is 6.10 Å². The van der Waals surface area contributed by atoms with Crippen LogP contribution in [0.25, 0.3) is 0 Å². The van der Waals surface area contributed by atoms with Crippen molar-refractivity contribution >= 4 is 15.9 Å². The van der Waals surface area contributed by atoms with Gasteiger partial charge in [0.25, 0.3) is 0 Å². The summed E-state index contributed by atoms with van der Waals surface area (Å²) in [5, 5.41) is 0. The lowest BCUT2D eigenvalue weighted by atomic mass is 9.88. The van der Waals surface area contributed by atoms with E-state index < -0.39 is 0 Å². The molecular weight excluding hydrogens is 278 g/mol. The zero-order chi connectivity index (χ0) is 12.3. The molecule has 0 aromatic heterocycles. The summed E-state index contributed by atoms with van der Waals surface area (Å²) in [4.78, 5) is 0. The number of rotatable bonds is 3. The minimum Gasteiger partial charge on any atom is -0.490 e. The monoisotopic (exact) mass is 297 g/mol. The van der Waals surface area contributed by atoms with Crippen molar-refractivity contribution in [3.05, 3.63) is 28.2 Å². The molecule has 0 saturated heterocycles. The molecule has 0 bridgehead atoms. The maximum Gasteiger partial charge on any atom is 0.125 e. The predicted octanol–water partition coefficient (Wildman–Crippen LogP) is 3.87. The number of benzene rings is 1. The molecule has 2 N–H and O–H groups in total. The standard InChI is InChI=1S/C14H20BrNO/c1-10-4-2-3-5-13(10)17-14-8-12(15)7-6-11(14)9-16/h6-8,10,13H,2-5,9,16H2,1H3. The van der Waals surface area contributed by atoms with Gasteiger partial charge in [-0.1, -0.05) is 35.3 Å². The molecule has 0 heterocycles. The molecule has 2 rings (SSSR count). The molecule has 2 atom stereocenters. The van der Waals surface area contributed by atoms with Gasteiger partial charge < -0.3 is 10.5 Å². The lowest BCUT2D eigenvalue weighted by Gasteiger charge is -2.30. The Balaban J connectivity index is 2.13.